The van der Waals surface area contributed by atoms with E-state index in [2.05, 4.69) is 15.0 Å². The minimum absolute atomic E-state index is 0. The first-order valence-corrected chi connectivity index (χ1v) is 9.81. The molecule has 0 spiro atoms. The lowest BCUT2D eigenvalue weighted by Crippen LogP contribution is -2.39. The van der Waals surface area contributed by atoms with Crippen molar-refractivity contribution in [1.82, 2.24) is 10.0 Å². The quantitative estimate of drug-likeness (QED) is 0.256. The van der Waals surface area contributed by atoms with E-state index in [-0.39, 0.29) is 30.5 Å². The largest absolute Gasteiger partial charge is 0.370 e. The third-order valence-electron chi connectivity index (χ3n) is 3.68. The molecule has 0 radical (unpaired) electrons. The first kappa shape index (κ1) is 20.7. The van der Waals surface area contributed by atoms with Gasteiger partial charge in [0.25, 0.3) is 0 Å². The molecule has 1 aromatic heterocycles. The zero-order valence-corrected chi connectivity index (χ0v) is 17.4. The van der Waals surface area contributed by atoms with E-state index < -0.39 is 10.0 Å². The van der Waals surface area contributed by atoms with Gasteiger partial charge in [0.2, 0.25) is 10.0 Å². The molecule has 2 rings (SSSR count). The van der Waals surface area contributed by atoms with Crippen molar-refractivity contribution < 1.29 is 8.42 Å². The molecule has 4 N–H and O–H groups in total. The van der Waals surface area contributed by atoms with E-state index in [4.69, 9.17) is 5.73 Å². The maximum atomic E-state index is 12.2. The van der Waals surface area contributed by atoms with Gasteiger partial charge >= 0.3 is 0 Å². The van der Waals surface area contributed by atoms with Crippen molar-refractivity contribution in [3.8, 4) is 0 Å². The molecule has 23 heavy (non-hydrogen) atoms. The number of nitrogens with two attached hydrogens (primary N) is 1. The minimum atomic E-state index is -3.46. The molecule has 0 saturated heterocycles. The van der Waals surface area contributed by atoms with Gasteiger partial charge in [-0.3, -0.25) is 4.99 Å². The van der Waals surface area contributed by atoms with Gasteiger partial charge in [-0.05, 0) is 32.8 Å². The summed E-state index contributed by atoms with van der Waals surface area (Å²) in [6, 6.07) is 2.11. The Hall–Kier alpha value is -0.390. The van der Waals surface area contributed by atoms with Crippen LogP contribution in [0.15, 0.2) is 16.0 Å². The fraction of sp³-hybridized carbons (Fsp3) is 0.643. The van der Waals surface area contributed by atoms with Crippen LogP contribution in [0, 0.1) is 13.8 Å². The van der Waals surface area contributed by atoms with Crippen LogP contribution in [0.4, 0.5) is 0 Å². The highest BCUT2D eigenvalue weighted by molar-refractivity contribution is 14.0. The van der Waals surface area contributed by atoms with Gasteiger partial charge in [-0.2, -0.15) is 0 Å². The molecule has 0 aromatic carbocycles. The van der Waals surface area contributed by atoms with E-state index >= 15 is 0 Å². The highest BCUT2D eigenvalue weighted by Gasteiger charge is 2.18. The lowest BCUT2D eigenvalue weighted by Gasteiger charge is -2.12. The van der Waals surface area contributed by atoms with Gasteiger partial charge in [0.05, 0.1) is 11.4 Å². The highest BCUT2D eigenvalue weighted by atomic mass is 127. The number of aryl methyl sites for hydroxylation is 2. The molecule has 1 aromatic rings. The molecule has 0 amide bonds. The summed E-state index contributed by atoms with van der Waals surface area (Å²) in [5.74, 6) is 0.397. The molecule has 0 aliphatic heterocycles. The second-order valence-electron chi connectivity index (χ2n) is 5.57. The lowest BCUT2D eigenvalue weighted by atomic mass is 10.2. The average Bonchev–Trinajstić information content (AvgIpc) is 3.04. The van der Waals surface area contributed by atoms with E-state index in [0.717, 1.165) is 22.6 Å². The molecule has 1 heterocycles. The Morgan fingerprint density at radius 1 is 1.39 bits per heavy atom. The zero-order valence-electron chi connectivity index (χ0n) is 13.5. The van der Waals surface area contributed by atoms with Gasteiger partial charge in [-0.15, -0.1) is 35.3 Å². The van der Waals surface area contributed by atoms with Gasteiger partial charge in [0.1, 0.15) is 0 Å². The Morgan fingerprint density at radius 2 is 2.04 bits per heavy atom. The van der Waals surface area contributed by atoms with Crippen molar-refractivity contribution in [2.75, 3.05) is 13.1 Å². The van der Waals surface area contributed by atoms with Crippen LogP contribution >= 0.6 is 35.3 Å². The summed E-state index contributed by atoms with van der Waals surface area (Å²) in [6.45, 7) is 4.28. The van der Waals surface area contributed by atoms with Gasteiger partial charge in [-0.1, -0.05) is 12.8 Å². The van der Waals surface area contributed by atoms with Gasteiger partial charge < -0.3 is 11.1 Å². The minimum Gasteiger partial charge on any atom is -0.370 e. The number of nitrogens with one attached hydrogen (secondary N) is 2. The number of rotatable bonds is 6. The summed E-state index contributed by atoms with van der Waals surface area (Å²) in [7, 11) is -3.46. The fourth-order valence-corrected chi connectivity index (χ4v) is 5.21. The summed E-state index contributed by atoms with van der Waals surface area (Å²) in [5, 5.41) is 3.17. The van der Waals surface area contributed by atoms with Gasteiger partial charge in [0, 0.05) is 22.3 Å². The maximum Gasteiger partial charge on any atom is 0.241 e. The lowest BCUT2D eigenvalue weighted by molar-refractivity contribution is 0.581. The number of sulfonamides is 1. The van der Waals surface area contributed by atoms with Crippen LogP contribution in [0.3, 0.4) is 0 Å². The molecule has 1 saturated carbocycles. The zero-order chi connectivity index (χ0) is 16.2. The fourth-order valence-electron chi connectivity index (χ4n) is 2.63. The highest BCUT2D eigenvalue weighted by Crippen LogP contribution is 2.24. The first-order valence-electron chi connectivity index (χ1n) is 7.51. The van der Waals surface area contributed by atoms with Crippen molar-refractivity contribution in [2.45, 2.75) is 50.5 Å². The number of aliphatic imine (C=N–C) groups is 1. The first-order chi connectivity index (χ1) is 10.4. The van der Waals surface area contributed by atoms with Crippen molar-refractivity contribution in [3.63, 3.8) is 0 Å². The van der Waals surface area contributed by atoms with Gasteiger partial charge in [-0.25, -0.2) is 13.1 Å². The van der Waals surface area contributed by atoms with Crippen LogP contribution in [0.1, 0.15) is 35.4 Å². The van der Waals surface area contributed by atoms with Crippen LogP contribution in [-0.4, -0.2) is 33.5 Å². The van der Waals surface area contributed by atoms with Crippen LogP contribution < -0.4 is 15.8 Å². The van der Waals surface area contributed by atoms with Gasteiger partial charge in [0.15, 0.2) is 5.96 Å². The van der Waals surface area contributed by atoms with E-state index in [1.165, 1.54) is 24.2 Å². The molecule has 9 heteroatoms. The number of hydrogen-bond acceptors (Lipinski definition) is 4. The predicted molar refractivity (Wildman–Crippen MR) is 106 cm³/mol. The van der Waals surface area contributed by atoms with E-state index in [1.807, 2.05) is 13.8 Å². The van der Waals surface area contributed by atoms with Crippen molar-refractivity contribution in [1.29, 1.82) is 0 Å². The molecule has 6 nitrogen and oxygen atoms in total. The topological polar surface area (TPSA) is 96.6 Å². The number of hydrogen-bond donors (Lipinski definition) is 3. The van der Waals surface area contributed by atoms with Crippen LogP contribution in [-0.2, 0) is 10.0 Å². The molecule has 0 unspecified atom stereocenters. The van der Waals surface area contributed by atoms with Crippen LogP contribution in [0.2, 0.25) is 0 Å². The summed E-state index contributed by atoms with van der Waals surface area (Å²) in [6.07, 6.45) is 4.70. The SMILES string of the molecule is Cc1cc(S(=O)(=O)NCCN=C(N)NC2CCCC2)c(C)s1.I. The molecule has 1 aliphatic rings. The number of nitrogens with zero attached hydrogens (tertiary/aromatic N) is 1. The number of thiophene rings is 1. The second-order valence-corrected chi connectivity index (χ2v) is 8.76. The van der Waals surface area contributed by atoms with Crippen molar-refractivity contribution in [2.24, 2.45) is 10.7 Å². The van der Waals surface area contributed by atoms with E-state index in [9.17, 15) is 8.42 Å². The van der Waals surface area contributed by atoms with E-state index in [1.54, 1.807) is 6.07 Å². The van der Waals surface area contributed by atoms with E-state index in [0.29, 0.717) is 23.4 Å². The molecular formula is C14H25IN4O2S2. The molecule has 132 valence electrons. The van der Waals surface area contributed by atoms with Crippen LogP contribution in [0.25, 0.3) is 0 Å². The maximum absolute atomic E-state index is 12.2. The van der Waals surface area contributed by atoms with Crippen LogP contribution in [0.5, 0.6) is 0 Å². The Bertz CT molecular complexity index is 637. The molecule has 0 atom stereocenters. The summed E-state index contributed by atoms with van der Waals surface area (Å²) in [5.41, 5.74) is 5.81. The molecule has 0 bridgehead atoms. The Kier molecular flexibility index (Phi) is 8.25. The summed E-state index contributed by atoms with van der Waals surface area (Å²) in [4.78, 5) is 6.32. The third-order valence-corrected chi connectivity index (χ3v) is 6.36. The normalized spacial score (nSPS) is 16.3. The average molecular weight is 472 g/mol. The Morgan fingerprint density at radius 3 is 2.61 bits per heavy atom. The molecular weight excluding hydrogens is 447 g/mol. The molecule has 1 fully saturated rings. The Balaban J connectivity index is 0.00000264. The number of guanidine groups is 1. The molecule has 1 aliphatic carbocycles. The third kappa shape index (κ3) is 6.20. The van der Waals surface area contributed by atoms with Crippen molar-refractivity contribution >= 4 is 51.3 Å². The summed E-state index contributed by atoms with van der Waals surface area (Å²) < 4.78 is 26.9. The standard InChI is InChI=1S/C14H24N4O2S2.HI/c1-10-9-13(11(2)21-10)22(19,20)17-8-7-16-14(15)18-12-5-3-4-6-12;/h9,12,17H,3-8H2,1-2H3,(H3,15,16,18);1H. The summed E-state index contributed by atoms with van der Waals surface area (Å²) >= 11 is 1.48. The number of halogens is 1. The second kappa shape index (κ2) is 9.19. The predicted octanol–water partition coefficient (Wildman–Crippen LogP) is 2.11. The van der Waals surface area contributed by atoms with Crippen molar-refractivity contribution in [3.05, 3.63) is 15.8 Å². The Labute approximate surface area is 159 Å². The monoisotopic (exact) mass is 472 g/mol. The smallest absolute Gasteiger partial charge is 0.241 e.